The van der Waals surface area contributed by atoms with Gasteiger partial charge in [0.1, 0.15) is 5.69 Å². The first-order valence-corrected chi connectivity index (χ1v) is 5.83. The summed E-state index contributed by atoms with van der Waals surface area (Å²) < 4.78 is 0. The Hall–Kier alpha value is -1.78. The van der Waals surface area contributed by atoms with Crippen molar-refractivity contribution in [2.24, 2.45) is 0 Å². The molecule has 0 atom stereocenters. The standard InChI is InChI=1S/C12H18N2O3/c15-11(16)7-3-1-2-4-8-14-12(17)10-6-5-9-13-10/h5-6,9,13H,1-4,7-8H2,(H,14,17)(H,15,16). The summed E-state index contributed by atoms with van der Waals surface area (Å²) in [5, 5.41) is 11.2. The highest BCUT2D eigenvalue weighted by atomic mass is 16.4. The van der Waals surface area contributed by atoms with E-state index >= 15 is 0 Å². The molecule has 0 unspecified atom stereocenters. The van der Waals surface area contributed by atoms with E-state index in [2.05, 4.69) is 10.3 Å². The number of carbonyl (C=O) groups is 2. The highest BCUT2D eigenvalue weighted by Gasteiger charge is 2.03. The summed E-state index contributed by atoms with van der Waals surface area (Å²) in [5.74, 6) is -0.842. The summed E-state index contributed by atoms with van der Waals surface area (Å²) in [6.07, 6.45) is 5.37. The molecule has 0 radical (unpaired) electrons. The van der Waals surface area contributed by atoms with Gasteiger partial charge in [0.15, 0.2) is 0 Å². The van der Waals surface area contributed by atoms with Crippen LogP contribution in [0.3, 0.4) is 0 Å². The van der Waals surface area contributed by atoms with Gasteiger partial charge in [0.2, 0.25) is 0 Å². The first-order valence-electron chi connectivity index (χ1n) is 5.83. The van der Waals surface area contributed by atoms with Gasteiger partial charge in [-0.15, -0.1) is 0 Å². The normalized spacial score (nSPS) is 10.1. The summed E-state index contributed by atoms with van der Waals surface area (Å²) >= 11 is 0. The molecule has 17 heavy (non-hydrogen) atoms. The third kappa shape index (κ3) is 5.75. The van der Waals surface area contributed by atoms with Gasteiger partial charge in [-0.3, -0.25) is 9.59 Å². The number of aliphatic carboxylic acids is 1. The quantitative estimate of drug-likeness (QED) is 0.604. The van der Waals surface area contributed by atoms with E-state index in [9.17, 15) is 9.59 Å². The fourth-order valence-electron chi connectivity index (χ4n) is 1.52. The predicted octanol–water partition coefficient (Wildman–Crippen LogP) is 1.78. The molecular formula is C12H18N2O3. The number of carboxylic acids is 1. The number of nitrogens with one attached hydrogen (secondary N) is 2. The Morgan fingerprint density at radius 1 is 1.24 bits per heavy atom. The van der Waals surface area contributed by atoms with E-state index in [1.54, 1.807) is 18.3 Å². The van der Waals surface area contributed by atoms with E-state index in [4.69, 9.17) is 5.11 Å². The van der Waals surface area contributed by atoms with Crippen molar-refractivity contribution in [2.75, 3.05) is 6.54 Å². The van der Waals surface area contributed by atoms with Crippen LogP contribution in [0.5, 0.6) is 0 Å². The van der Waals surface area contributed by atoms with Crippen LogP contribution in [0, 0.1) is 0 Å². The van der Waals surface area contributed by atoms with Crippen molar-refractivity contribution in [1.82, 2.24) is 10.3 Å². The molecule has 0 saturated heterocycles. The van der Waals surface area contributed by atoms with Gasteiger partial charge in [-0.1, -0.05) is 12.8 Å². The molecule has 3 N–H and O–H groups in total. The predicted molar refractivity (Wildman–Crippen MR) is 63.8 cm³/mol. The number of amides is 1. The highest BCUT2D eigenvalue weighted by molar-refractivity contribution is 5.92. The monoisotopic (exact) mass is 238 g/mol. The average molecular weight is 238 g/mol. The zero-order chi connectivity index (χ0) is 12.5. The highest BCUT2D eigenvalue weighted by Crippen LogP contribution is 2.02. The maximum absolute atomic E-state index is 11.5. The molecule has 0 saturated carbocycles. The van der Waals surface area contributed by atoms with E-state index in [0.717, 1.165) is 19.3 Å². The Morgan fingerprint density at radius 3 is 2.65 bits per heavy atom. The zero-order valence-electron chi connectivity index (χ0n) is 9.74. The van der Waals surface area contributed by atoms with Crippen LogP contribution in [0.2, 0.25) is 0 Å². The van der Waals surface area contributed by atoms with Crippen molar-refractivity contribution in [3.05, 3.63) is 24.0 Å². The van der Waals surface area contributed by atoms with E-state index < -0.39 is 5.97 Å². The Balaban J connectivity index is 1.97. The lowest BCUT2D eigenvalue weighted by Crippen LogP contribution is -2.24. The van der Waals surface area contributed by atoms with Gasteiger partial charge >= 0.3 is 5.97 Å². The summed E-state index contributed by atoms with van der Waals surface area (Å²) in [4.78, 5) is 24.5. The molecule has 94 valence electrons. The number of hydrogen-bond acceptors (Lipinski definition) is 2. The molecule has 0 aliphatic rings. The second-order valence-corrected chi connectivity index (χ2v) is 3.90. The van der Waals surface area contributed by atoms with Gasteiger partial charge < -0.3 is 15.4 Å². The average Bonchev–Trinajstić information content (AvgIpc) is 2.80. The van der Waals surface area contributed by atoms with Crippen LogP contribution in [0.15, 0.2) is 18.3 Å². The van der Waals surface area contributed by atoms with Crippen LogP contribution in [-0.4, -0.2) is 28.5 Å². The van der Waals surface area contributed by atoms with Gasteiger partial charge in [0.25, 0.3) is 5.91 Å². The third-order valence-electron chi connectivity index (χ3n) is 2.45. The van der Waals surface area contributed by atoms with Gasteiger partial charge in [0, 0.05) is 19.2 Å². The molecule has 0 aliphatic heterocycles. The fraction of sp³-hybridized carbons (Fsp3) is 0.500. The number of H-pyrrole nitrogens is 1. The third-order valence-corrected chi connectivity index (χ3v) is 2.45. The van der Waals surface area contributed by atoms with E-state index in [1.807, 2.05) is 0 Å². The lowest BCUT2D eigenvalue weighted by molar-refractivity contribution is -0.137. The number of rotatable bonds is 8. The summed E-state index contributed by atoms with van der Waals surface area (Å²) in [6.45, 7) is 0.630. The smallest absolute Gasteiger partial charge is 0.303 e. The Morgan fingerprint density at radius 2 is 2.00 bits per heavy atom. The summed E-state index contributed by atoms with van der Waals surface area (Å²) in [7, 11) is 0. The molecule has 1 heterocycles. The van der Waals surface area contributed by atoms with Crippen LogP contribution in [0.1, 0.15) is 42.6 Å². The van der Waals surface area contributed by atoms with Gasteiger partial charge in [-0.25, -0.2) is 0 Å². The van der Waals surface area contributed by atoms with Crippen molar-refractivity contribution >= 4 is 11.9 Å². The maximum atomic E-state index is 11.5. The van der Waals surface area contributed by atoms with Gasteiger partial charge in [-0.05, 0) is 25.0 Å². The van der Waals surface area contributed by atoms with Crippen LogP contribution in [-0.2, 0) is 4.79 Å². The number of carboxylic acid groups (broad SMARTS) is 1. The second-order valence-electron chi connectivity index (χ2n) is 3.90. The molecule has 1 amide bonds. The van der Waals surface area contributed by atoms with E-state index in [1.165, 1.54) is 0 Å². The fourth-order valence-corrected chi connectivity index (χ4v) is 1.52. The number of unbranched alkanes of at least 4 members (excludes halogenated alkanes) is 3. The van der Waals surface area contributed by atoms with Crippen molar-refractivity contribution in [3.63, 3.8) is 0 Å². The van der Waals surface area contributed by atoms with Crippen molar-refractivity contribution in [1.29, 1.82) is 0 Å². The molecule has 0 spiro atoms. The van der Waals surface area contributed by atoms with Gasteiger partial charge in [0.05, 0.1) is 0 Å². The van der Waals surface area contributed by atoms with Crippen LogP contribution in [0.4, 0.5) is 0 Å². The van der Waals surface area contributed by atoms with Crippen molar-refractivity contribution in [2.45, 2.75) is 32.1 Å². The minimum absolute atomic E-state index is 0.0967. The molecule has 0 bridgehead atoms. The summed E-state index contributed by atoms with van der Waals surface area (Å²) in [5.41, 5.74) is 0.566. The SMILES string of the molecule is O=C(O)CCCCCCNC(=O)c1ccc[nH]1. The zero-order valence-corrected chi connectivity index (χ0v) is 9.74. The van der Waals surface area contributed by atoms with E-state index in [-0.39, 0.29) is 12.3 Å². The minimum Gasteiger partial charge on any atom is -0.481 e. The summed E-state index contributed by atoms with van der Waals surface area (Å²) in [6, 6.07) is 3.50. The Labute approximate surface area is 100 Å². The molecule has 1 rings (SSSR count). The number of aromatic amines is 1. The number of hydrogen-bond donors (Lipinski definition) is 3. The van der Waals surface area contributed by atoms with Crippen molar-refractivity contribution in [3.8, 4) is 0 Å². The maximum Gasteiger partial charge on any atom is 0.303 e. The van der Waals surface area contributed by atoms with E-state index in [0.29, 0.717) is 18.7 Å². The van der Waals surface area contributed by atoms with Crippen LogP contribution in [0.25, 0.3) is 0 Å². The molecule has 0 aromatic carbocycles. The van der Waals surface area contributed by atoms with Crippen LogP contribution < -0.4 is 5.32 Å². The first-order chi connectivity index (χ1) is 8.20. The Bertz CT molecular complexity index is 347. The first kappa shape index (κ1) is 13.3. The van der Waals surface area contributed by atoms with Crippen LogP contribution >= 0.6 is 0 Å². The molecule has 1 aromatic heterocycles. The second kappa shape index (κ2) is 7.49. The molecule has 5 heteroatoms. The molecule has 5 nitrogen and oxygen atoms in total. The largest absolute Gasteiger partial charge is 0.481 e. The molecule has 1 aromatic rings. The molecule has 0 aliphatic carbocycles. The van der Waals surface area contributed by atoms with Gasteiger partial charge in [-0.2, -0.15) is 0 Å². The topological polar surface area (TPSA) is 82.2 Å². The number of carbonyl (C=O) groups excluding carboxylic acids is 1. The minimum atomic E-state index is -0.745. The number of aromatic nitrogens is 1. The van der Waals surface area contributed by atoms with Crippen molar-refractivity contribution < 1.29 is 14.7 Å². The molecular weight excluding hydrogens is 220 g/mol. The molecule has 0 fully saturated rings. The Kier molecular flexibility index (Phi) is 5.85. The lowest BCUT2D eigenvalue weighted by atomic mass is 10.1. The lowest BCUT2D eigenvalue weighted by Gasteiger charge is -2.03.